The molecule has 1 saturated carbocycles. The van der Waals surface area contributed by atoms with Crippen molar-refractivity contribution in [1.29, 1.82) is 0 Å². The van der Waals surface area contributed by atoms with Crippen molar-refractivity contribution in [2.45, 2.75) is 24.9 Å². The van der Waals surface area contributed by atoms with E-state index in [2.05, 4.69) is 30.7 Å². The Labute approximate surface area is 143 Å². The van der Waals surface area contributed by atoms with Gasteiger partial charge in [-0.2, -0.15) is 0 Å². The summed E-state index contributed by atoms with van der Waals surface area (Å²) in [5, 5.41) is 11.3. The molecule has 8 nitrogen and oxygen atoms in total. The maximum atomic E-state index is 4.58. The van der Waals surface area contributed by atoms with E-state index in [0.717, 1.165) is 29.5 Å². The third-order valence-corrected chi connectivity index (χ3v) is 4.85. The summed E-state index contributed by atoms with van der Waals surface area (Å²) in [4.78, 5) is 13.0. The zero-order chi connectivity index (χ0) is 16.8. The lowest BCUT2D eigenvalue weighted by Crippen LogP contribution is -2.46. The highest BCUT2D eigenvalue weighted by Gasteiger charge is 2.28. The van der Waals surface area contributed by atoms with Gasteiger partial charge >= 0.3 is 0 Å². The fourth-order valence-electron chi connectivity index (χ4n) is 3.32. The lowest BCUT2D eigenvalue weighted by Gasteiger charge is -2.35. The predicted molar refractivity (Wildman–Crippen MR) is 94.5 cm³/mol. The van der Waals surface area contributed by atoms with Gasteiger partial charge in [-0.25, -0.2) is 19.5 Å². The molecule has 2 N–H and O–H groups in total. The third kappa shape index (κ3) is 2.42. The average molecular weight is 334 g/mol. The molecule has 0 spiro atoms. The van der Waals surface area contributed by atoms with E-state index >= 15 is 0 Å². The van der Waals surface area contributed by atoms with Crippen molar-refractivity contribution in [2.24, 2.45) is 0 Å². The molecule has 0 bridgehead atoms. The second-order valence-corrected chi connectivity index (χ2v) is 6.42. The highest BCUT2D eigenvalue weighted by molar-refractivity contribution is 5.79. The Morgan fingerprint density at radius 1 is 1.08 bits per heavy atom. The van der Waals surface area contributed by atoms with Gasteiger partial charge in [0.05, 0.1) is 11.7 Å². The lowest BCUT2D eigenvalue weighted by atomic mass is 9.87. The SMILES string of the molecule is CN[C@H]1C[C@H](Nc2ncc3c(-c4cnc5nccn5c4)ccn3n2)C1. The van der Waals surface area contributed by atoms with E-state index in [-0.39, 0.29) is 0 Å². The topological polar surface area (TPSA) is 84.4 Å². The van der Waals surface area contributed by atoms with Crippen molar-refractivity contribution in [3.05, 3.63) is 43.2 Å². The van der Waals surface area contributed by atoms with Crippen LogP contribution in [0.4, 0.5) is 5.95 Å². The average Bonchev–Trinajstić information content (AvgIpc) is 3.23. The molecule has 0 amide bonds. The summed E-state index contributed by atoms with van der Waals surface area (Å²) in [6.07, 6.45) is 13.5. The van der Waals surface area contributed by atoms with Crippen molar-refractivity contribution in [1.82, 2.24) is 34.3 Å². The predicted octanol–water partition coefficient (Wildman–Crippen LogP) is 1.60. The molecule has 126 valence electrons. The lowest BCUT2D eigenvalue weighted by molar-refractivity contribution is 0.325. The van der Waals surface area contributed by atoms with Crippen LogP contribution in [0.1, 0.15) is 12.8 Å². The molecule has 1 aliphatic carbocycles. The van der Waals surface area contributed by atoms with Crippen molar-refractivity contribution in [3.8, 4) is 11.1 Å². The highest BCUT2D eigenvalue weighted by atomic mass is 15.3. The second-order valence-electron chi connectivity index (χ2n) is 6.42. The zero-order valence-corrected chi connectivity index (χ0v) is 13.8. The summed E-state index contributed by atoms with van der Waals surface area (Å²) in [5.74, 6) is 1.35. The number of nitrogens with zero attached hydrogens (tertiary/aromatic N) is 6. The Hall–Kier alpha value is -3.00. The summed E-state index contributed by atoms with van der Waals surface area (Å²) in [6.45, 7) is 0. The Kier molecular flexibility index (Phi) is 3.17. The molecular formula is C17H18N8. The molecule has 8 heteroatoms. The molecule has 25 heavy (non-hydrogen) atoms. The van der Waals surface area contributed by atoms with Crippen LogP contribution in [-0.2, 0) is 0 Å². The van der Waals surface area contributed by atoms with Gasteiger partial charge in [0.25, 0.3) is 0 Å². The van der Waals surface area contributed by atoms with Gasteiger partial charge in [0, 0.05) is 54.2 Å². The Morgan fingerprint density at radius 3 is 2.88 bits per heavy atom. The molecule has 5 rings (SSSR count). The quantitative estimate of drug-likeness (QED) is 0.590. The van der Waals surface area contributed by atoms with Crippen LogP contribution in [0.5, 0.6) is 0 Å². The van der Waals surface area contributed by atoms with Gasteiger partial charge < -0.3 is 10.6 Å². The normalized spacial score (nSPS) is 20.0. The van der Waals surface area contributed by atoms with E-state index in [1.807, 2.05) is 53.0 Å². The molecule has 0 atom stereocenters. The van der Waals surface area contributed by atoms with Crippen molar-refractivity contribution in [2.75, 3.05) is 12.4 Å². The van der Waals surface area contributed by atoms with Gasteiger partial charge in [0.1, 0.15) is 0 Å². The Bertz CT molecular complexity index is 1040. The zero-order valence-electron chi connectivity index (χ0n) is 13.8. The fourth-order valence-corrected chi connectivity index (χ4v) is 3.32. The molecule has 1 fully saturated rings. The van der Waals surface area contributed by atoms with Crippen LogP contribution < -0.4 is 10.6 Å². The van der Waals surface area contributed by atoms with E-state index in [4.69, 9.17) is 0 Å². The van der Waals surface area contributed by atoms with Gasteiger partial charge in [-0.1, -0.05) is 0 Å². The number of rotatable bonds is 4. The number of anilines is 1. The van der Waals surface area contributed by atoms with Crippen LogP contribution in [0.15, 0.2) is 43.2 Å². The van der Waals surface area contributed by atoms with Gasteiger partial charge in [-0.05, 0) is 26.0 Å². The second kappa shape index (κ2) is 5.52. The standard InChI is InChI=1S/C17H18N8/c1-18-12-6-13(7-12)22-16-20-9-15-14(2-4-25(15)23-16)11-8-21-17-19-3-5-24(17)10-11/h2-5,8-10,12-13,18H,6-7H2,1H3,(H,22,23)/t12-,13-. The molecule has 4 heterocycles. The molecule has 0 saturated heterocycles. The monoisotopic (exact) mass is 334 g/mol. The highest BCUT2D eigenvalue weighted by Crippen LogP contribution is 2.26. The third-order valence-electron chi connectivity index (χ3n) is 4.85. The van der Waals surface area contributed by atoms with Crippen LogP contribution in [0.3, 0.4) is 0 Å². The van der Waals surface area contributed by atoms with E-state index in [1.165, 1.54) is 0 Å². The first kappa shape index (κ1) is 14.4. The Balaban J connectivity index is 1.45. The molecule has 0 unspecified atom stereocenters. The van der Waals surface area contributed by atoms with E-state index in [9.17, 15) is 0 Å². The number of hydrogen-bond acceptors (Lipinski definition) is 6. The first-order valence-corrected chi connectivity index (χ1v) is 8.37. The molecule has 0 radical (unpaired) electrons. The van der Waals surface area contributed by atoms with Crippen LogP contribution in [0.25, 0.3) is 22.4 Å². The Morgan fingerprint density at radius 2 is 2.00 bits per heavy atom. The van der Waals surface area contributed by atoms with E-state index < -0.39 is 0 Å². The first-order valence-electron chi connectivity index (χ1n) is 8.37. The molecule has 4 aromatic heterocycles. The minimum absolute atomic E-state index is 0.442. The van der Waals surface area contributed by atoms with E-state index in [1.54, 1.807) is 6.20 Å². The van der Waals surface area contributed by atoms with Gasteiger partial charge in [0.15, 0.2) is 0 Å². The number of fused-ring (bicyclic) bond motifs is 2. The van der Waals surface area contributed by atoms with Crippen LogP contribution >= 0.6 is 0 Å². The summed E-state index contributed by atoms with van der Waals surface area (Å²) in [5.41, 5.74) is 3.01. The maximum absolute atomic E-state index is 4.58. The van der Waals surface area contributed by atoms with Crippen molar-refractivity contribution < 1.29 is 0 Å². The molecule has 0 aromatic carbocycles. The first-order chi connectivity index (χ1) is 12.3. The number of nitrogens with one attached hydrogen (secondary N) is 2. The summed E-state index contributed by atoms with van der Waals surface area (Å²) < 4.78 is 3.77. The van der Waals surface area contributed by atoms with Gasteiger partial charge in [0.2, 0.25) is 11.7 Å². The fraction of sp³-hybridized carbons (Fsp3) is 0.294. The van der Waals surface area contributed by atoms with Crippen molar-refractivity contribution in [3.63, 3.8) is 0 Å². The maximum Gasteiger partial charge on any atom is 0.241 e. The van der Waals surface area contributed by atoms with Gasteiger partial charge in [-0.15, -0.1) is 5.10 Å². The molecule has 1 aliphatic rings. The number of aromatic nitrogens is 6. The largest absolute Gasteiger partial charge is 0.350 e. The number of hydrogen-bond donors (Lipinski definition) is 2. The van der Waals surface area contributed by atoms with Gasteiger partial charge in [-0.3, -0.25) is 4.40 Å². The van der Waals surface area contributed by atoms with Crippen LogP contribution in [0, 0.1) is 0 Å². The molecule has 0 aliphatic heterocycles. The molecule has 4 aromatic rings. The molecular weight excluding hydrogens is 316 g/mol. The summed E-state index contributed by atoms with van der Waals surface area (Å²) >= 11 is 0. The van der Waals surface area contributed by atoms with Crippen LogP contribution in [-0.4, -0.2) is 48.1 Å². The number of imidazole rings is 1. The minimum Gasteiger partial charge on any atom is -0.350 e. The van der Waals surface area contributed by atoms with Crippen molar-refractivity contribution >= 4 is 17.2 Å². The van der Waals surface area contributed by atoms with E-state index in [0.29, 0.717) is 23.8 Å². The summed E-state index contributed by atoms with van der Waals surface area (Å²) in [6, 6.07) is 3.08. The minimum atomic E-state index is 0.442. The van der Waals surface area contributed by atoms with Crippen LogP contribution in [0.2, 0.25) is 0 Å². The smallest absolute Gasteiger partial charge is 0.241 e. The summed E-state index contributed by atoms with van der Waals surface area (Å²) in [7, 11) is 2.00.